The van der Waals surface area contributed by atoms with Crippen LogP contribution in [0.1, 0.15) is 18.1 Å². The van der Waals surface area contributed by atoms with Gasteiger partial charge in [-0.1, -0.05) is 43.3 Å². The summed E-state index contributed by atoms with van der Waals surface area (Å²) in [5.41, 5.74) is 2.28. The summed E-state index contributed by atoms with van der Waals surface area (Å²) in [4.78, 5) is 0. The molecule has 5 heteroatoms. The van der Waals surface area contributed by atoms with Crippen molar-refractivity contribution in [3.05, 3.63) is 53.6 Å². The van der Waals surface area contributed by atoms with Gasteiger partial charge in [-0.05, 0) is 23.6 Å². The Balaban J connectivity index is 2.31. The zero-order valence-electron chi connectivity index (χ0n) is 12.2. The molecule has 0 saturated carbocycles. The van der Waals surface area contributed by atoms with Crippen LogP contribution in [0.15, 0.2) is 42.5 Å². The molecule has 0 aromatic heterocycles. The van der Waals surface area contributed by atoms with Gasteiger partial charge >= 0.3 is 7.12 Å². The van der Waals surface area contributed by atoms with Crippen molar-refractivity contribution in [3.63, 3.8) is 0 Å². The van der Waals surface area contributed by atoms with Gasteiger partial charge in [0.25, 0.3) is 0 Å². The van der Waals surface area contributed by atoms with Crippen LogP contribution in [-0.4, -0.2) is 24.3 Å². The van der Waals surface area contributed by atoms with Crippen LogP contribution in [0, 0.1) is 0 Å². The molecule has 0 saturated heterocycles. The largest absolute Gasteiger partial charge is 0.493 e. The van der Waals surface area contributed by atoms with Crippen LogP contribution >= 0.6 is 0 Å². The van der Waals surface area contributed by atoms with Crippen LogP contribution in [0.5, 0.6) is 11.5 Å². The molecule has 2 N–H and O–H groups in total. The normalized spacial score (nSPS) is 10.3. The van der Waals surface area contributed by atoms with Crippen molar-refractivity contribution in [2.45, 2.75) is 20.0 Å². The third-order valence-electron chi connectivity index (χ3n) is 3.28. The van der Waals surface area contributed by atoms with Crippen LogP contribution < -0.4 is 14.9 Å². The molecule has 0 unspecified atom stereocenters. The Morgan fingerprint density at radius 2 is 1.76 bits per heavy atom. The second-order valence-corrected chi connectivity index (χ2v) is 4.72. The number of hydrogen-bond acceptors (Lipinski definition) is 4. The summed E-state index contributed by atoms with van der Waals surface area (Å²) in [6, 6.07) is 13.3. The van der Waals surface area contributed by atoms with Crippen molar-refractivity contribution in [1.82, 2.24) is 0 Å². The van der Waals surface area contributed by atoms with E-state index in [0.29, 0.717) is 23.6 Å². The first-order valence-electron chi connectivity index (χ1n) is 6.89. The number of methoxy groups -OCH3 is 1. The molecular formula is C16H19BO4. The number of hydrogen-bond donors (Lipinski definition) is 2. The van der Waals surface area contributed by atoms with Crippen LogP contribution in [0.3, 0.4) is 0 Å². The summed E-state index contributed by atoms with van der Waals surface area (Å²) in [5, 5.41) is 19.1. The van der Waals surface area contributed by atoms with E-state index in [2.05, 4.69) is 0 Å². The molecule has 0 fully saturated rings. The van der Waals surface area contributed by atoms with Crippen LogP contribution in [0.25, 0.3) is 0 Å². The van der Waals surface area contributed by atoms with Crippen molar-refractivity contribution in [2.24, 2.45) is 0 Å². The van der Waals surface area contributed by atoms with E-state index >= 15 is 0 Å². The summed E-state index contributed by atoms with van der Waals surface area (Å²) < 4.78 is 11.1. The number of aryl methyl sites for hydroxylation is 1. The lowest BCUT2D eigenvalue weighted by molar-refractivity contribution is 0.285. The first-order chi connectivity index (χ1) is 10.2. The standard InChI is InChI=1S/C16H19BO4/c1-3-12-9-14(17(18)19)16(15(10-12)20-2)21-11-13-7-5-4-6-8-13/h4-10,18-19H,3,11H2,1-2H3. The lowest BCUT2D eigenvalue weighted by atomic mass is 9.78. The topological polar surface area (TPSA) is 58.9 Å². The van der Waals surface area contributed by atoms with E-state index in [-0.39, 0.29) is 0 Å². The van der Waals surface area contributed by atoms with Gasteiger partial charge in [0.05, 0.1) is 7.11 Å². The zero-order chi connectivity index (χ0) is 15.2. The van der Waals surface area contributed by atoms with Gasteiger partial charge < -0.3 is 19.5 Å². The molecule has 21 heavy (non-hydrogen) atoms. The molecule has 0 atom stereocenters. The maximum Gasteiger partial charge on any atom is 0.492 e. The predicted molar refractivity (Wildman–Crippen MR) is 83.0 cm³/mol. The number of ether oxygens (including phenoxy) is 2. The van der Waals surface area contributed by atoms with Gasteiger partial charge in [-0.2, -0.15) is 0 Å². The van der Waals surface area contributed by atoms with E-state index in [1.807, 2.05) is 43.3 Å². The highest BCUT2D eigenvalue weighted by Gasteiger charge is 2.22. The highest BCUT2D eigenvalue weighted by Crippen LogP contribution is 2.27. The second-order valence-electron chi connectivity index (χ2n) is 4.72. The van der Waals surface area contributed by atoms with Crippen molar-refractivity contribution in [2.75, 3.05) is 7.11 Å². The third-order valence-corrected chi connectivity index (χ3v) is 3.28. The molecule has 0 heterocycles. The molecule has 0 aliphatic carbocycles. The minimum Gasteiger partial charge on any atom is -0.493 e. The molecule has 2 aromatic carbocycles. The summed E-state index contributed by atoms with van der Waals surface area (Å²) >= 11 is 0. The second kappa shape index (κ2) is 7.15. The smallest absolute Gasteiger partial charge is 0.492 e. The van der Waals surface area contributed by atoms with E-state index in [0.717, 1.165) is 17.5 Å². The van der Waals surface area contributed by atoms with Gasteiger partial charge in [0, 0.05) is 5.46 Å². The lowest BCUT2D eigenvalue weighted by Crippen LogP contribution is -2.32. The molecular weight excluding hydrogens is 267 g/mol. The monoisotopic (exact) mass is 286 g/mol. The van der Waals surface area contributed by atoms with E-state index in [1.165, 1.54) is 7.11 Å². The highest BCUT2D eigenvalue weighted by atomic mass is 16.5. The van der Waals surface area contributed by atoms with Gasteiger partial charge in [0.1, 0.15) is 6.61 Å². The molecule has 0 bridgehead atoms. The van der Waals surface area contributed by atoms with Gasteiger partial charge in [0.15, 0.2) is 11.5 Å². The first-order valence-corrected chi connectivity index (χ1v) is 6.89. The van der Waals surface area contributed by atoms with Crippen molar-refractivity contribution >= 4 is 12.6 Å². The summed E-state index contributed by atoms with van der Waals surface area (Å²) in [6.07, 6.45) is 0.773. The Morgan fingerprint density at radius 1 is 1.05 bits per heavy atom. The first kappa shape index (κ1) is 15.4. The fraction of sp³-hybridized carbons (Fsp3) is 0.250. The van der Waals surface area contributed by atoms with Crippen LogP contribution in [-0.2, 0) is 13.0 Å². The molecule has 0 amide bonds. The molecule has 110 valence electrons. The predicted octanol–water partition coefficient (Wildman–Crippen LogP) is 1.52. The van der Waals surface area contributed by atoms with E-state index in [9.17, 15) is 10.0 Å². The average molecular weight is 286 g/mol. The lowest BCUT2D eigenvalue weighted by Gasteiger charge is -2.16. The van der Waals surface area contributed by atoms with Crippen LogP contribution in [0.2, 0.25) is 0 Å². The summed E-state index contributed by atoms with van der Waals surface area (Å²) in [5.74, 6) is 0.877. The van der Waals surface area contributed by atoms with Gasteiger partial charge in [-0.25, -0.2) is 0 Å². The quantitative estimate of drug-likeness (QED) is 0.790. The van der Waals surface area contributed by atoms with Crippen molar-refractivity contribution in [3.8, 4) is 11.5 Å². The number of rotatable bonds is 6. The Bertz CT molecular complexity index is 584. The average Bonchev–Trinajstić information content (AvgIpc) is 2.52. The molecule has 0 radical (unpaired) electrons. The minimum atomic E-state index is -1.60. The number of benzene rings is 2. The van der Waals surface area contributed by atoms with E-state index in [1.54, 1.807) is 6.07 Å². The minimum absolute atomic E-state index is 0.321. The van der Waals surface area contributed by atoms with E-state index < -0.39 is 7.12 Å². The maximum absolute atomic E-state index is 9.56. The maximum atomic E-state index is 9.56. The third kappa shape index (κ3) is 3.77. The Labute approximate surface area is 125 Å². The van der Waals surface area contributed by atoms with Crippen molar-refractivity contribution in [1.29, 1.82) is 0 Å². The zero-order valence-corrected chi connectivity index (χ0v) is 12.2. The molecule has 0 aliphatic heterocycles. The molecule has 0 spiro atoms. The summed E-state index contributed by atoms with van der Waals surface area (Å²) in [6.45, 7) is 2.33. The Morgan fingerprint density at radius 3 is 2.33 bits per heavy atom. The fourth-order valence-corrected chi connectivity index (χ4v) is 2.11. The highest BCUT2D eigenvalue weighted by molar-refractivity contribution is 6.60. The van der Waals surface area contributed by atoms with Crippen LogP contribution in [0.4, 0.5) is 0 Å². The van der Waals surface area contributed by atoms with Gasteiger partial charge in [-0.3, -0.25) is 0 Å². The Kier molecular flexibility index (Phi) is 5.25. The molecule has 2 aromatic rings. The fourth-order valence-electron chi connectivity index (χ4n) is 2.11. The van der Waals surface area contributed by atoms with Gasteiger partial charge in [0.2, 0.25) is 0 Å². The molecule has 4 nitrogen and oxygen atoms in total. The molecule has 0 aliphatic rings. The van der Waals surface area contributed by atoms with E-state index in [4.69, 9.17) is 9.47 Å². The van der Waals surface area contributed by atoms with Crippen molar-refractivity contribution < 1.29 is 19.5 Å². The summed E-state index contributed by atoms with van der Waals surface area (Å²) in [7, 11) is -0.0614. The Hall–Kier alpha value is -1.98. The van der Waals surface area contributed by atoms with Gasteiger partial charge in [-0.15, -0.1) is 0 Å². The SMILES string of the molecule is CCc1cc(OC)c(OCc2ccccc2)c(B(O)O)c1. The molecule has 2 rings (SSSR count).